The topological polar surface area (TPSA) is 46.3 Å². The minimum absolute atomic E-state index is 0.0766. The SMILES string of the molecule is CN(Cc1ccccc1Cl)C(=O)c1cccc(N)c1. The zero-order chi connectivity index (χ0) is 13.8. The second-order valence-corrected chi connectivity index (χ2v) is 4.79. The van der Waals surface area contributed by atoms with Crippen LogP contribution in [0.5, 0.6) is 0 Å². The van der Waals surface area contributed by atoms with Crippen LogP contribution in [0.25, 0.3) is 0 Å². The van der Waals surface area contributed by atoms with Crippen LogP contribution in [0.1, 0.15) is 15.9 Å². The highest BCUT2D eigenvalue weighted by atomic mass is 35.5. The number of halogens is 1. The zero-order valence-electron chi connectivity index (χ0n) is 10.6. The van der Waals surface area contributed by atoms with Crippen molar-refractivity contribution >= 4 is 23.2 Å². The van der Waals surface area contributed by atoms with Crippen molar-refractivity contribution in [2.45, 2.75) is 6.54 Å². The van der Waals surface area contributed by atoms with Gasteiger partial charge < -0.3 is 10.6 Å². The first-order valence-electron chi connectivity index (χ1n) is 5.92. The lowest BCUT2D eigenvalue weighted by atomic mass is 10.1. The van der Waals surface area contributed by atoms with Crippen LogP contribution in [-0.4, -0.2) is 17.9 Å². The number of carbonyl (C=O) groups excluding carboxylic acids is 1. The third-order valence-electron chi connectivity index (χ3n) is 2.85. The molecule has 2 aromatic carbocycles. The minimum atomic E-state index is -0.0766. The zero-order valence-corrected chi connectivity index (χ0v) is 11.4. The molecule has 2 rings (SSSR count). The van der Waals surface area contributed by atoms with Gasteiger partial charge in [0.25, 0.3) is 5.91 Å². The van der Waals surface area contributed by atoms with Crippen molar-refractivity contribution in [1.29, 1.82) is 0 Å². The summed E-state index contributed by atoms with van der Waals surface area (Å²) in [4.78, 5) is 13.9. The molecule has 2 aromatic rings. The molecule has 0 aromatic heterocycles. The van der Waals surface area contributed by atoms with E-state index in [1.807, 2.05) is 24.3 Å². The highest BCUT2D eigenvalue weighted by Crippen LogP contribution is 2.18. The van der Waals surface area contributed by atoms with Gasteiger partial charge in [-0.2, -0.15) is 0 Å². The Hall–Kier alpha value is -2.00. The minimum Gasteiger partial charge on any atom is -0.399 e. The molecule has 98 valence electrons. The van der Waals surface area contributed by atoms with E-state index in [1.165, 1.54) is 0 Å². The average Bonchev–Trinajstić information content (AvgIpc) is 2.40. The van der Waals surface area contributed by atoms with Gasteiger partial charge in [0.1, 0.15) is 0 Å². The molecule has 0 aliphatic carbocycles. The van der Waals surface area contributed by atoms with E-state index in [2.05, 4.69) is 0 Å². The van der Waals surface area contributed by atoms with Gasteiger partial charge in [-0.15, -0.1) is 0 Å². The van der Waals surface area contributed by atoms with Crippen LogP contribution in [0.3, 0.4) is 0 Å². The number of nitrogen functional groups attached to an aromatic ring is 1. The fraction of sp³-hybridized carbons (Fsp3) is 0.133. The van der Waals surface area contributed by atoms with Gasteiger partial charge in [0.15, 0.2) is 0 Å². The molecule has 0 aliphatic rings. The normalized spacial score (nSPS) is 10.2. The number of benzene rings is 2. The van der Waals surface area contributed by atoms with Crippen molar-refractivity contribution in [1.82, 2.24) is 4.90 Å². The Balaban J connectivity index is 2.14. The second kappa shape index (κ2) is 5.76. The van der Waals surface area contributed by atoms with Crippen molar-refractivity contribution in [3.8, 4) is 0 Å². The molecule has 0 aliphatic heterocycles. The molecule has 1 amide bonds. The Labute approximate surface area is 117 Å². The number of carbonyl (C=O) groups is 1. The van der Waals surface area contributed by atoms with Gasteiger partial charge in [-0.3, -0.25) is 4.79 Å². The van der Waals surface area contributed by atoms with Crippen LogP contribution in [0.15, 0.2) is 48.5 Å². The summed E-state index contributed by atoms with van der Waals surface area (Å²) >= 11 is 6.09. The Morgan fingerprint density at radius 1 is 1.21 bits per heavy atom. The fourth-order valence-electron chi connectivity index (χ4n) is 1.85. The first-order valence-corrected chi connectivity index (χ1v) is 6.30. The predicted molar refractivity (Wildman–Crippen MR) is 78.1 cm³/mol. The summed E-state index contributed by atoms with van der Waals surface area (Å²) in [5, 5.41) is 0.662. The van der Waals surface area contributed by atoms with Crippen LogP contribution in [0.2, 0.25) is 5.02 Å². The highest BCUT2D eigenvalue weighted by Gasteiger charge is 2.13. The number of rotatable bonds is 3. The van der Waals surface area contributed by atoms with Crippen molar-refractivity contribution < 1.29 is 4.79 Å². The van der Waals surface area contributed by atoms with Crippen LogP contribution >= 0.6 is 11.6 Å². The number of amides is 1. The molecule has 4 heteroatoms. The van der Waals surface area contributed by atoms with Crippen LogP contribution in [0.4, 0.5) is 5.69 Å². The fourth-order valence-corrected chi connectivity index (χ4v) is 2.04. The Kier molecular flexibility index (Phi) is 4.07. The lowest BCUT2D eigenvalue weighted by Gasteiger charge is -2.18. The number of nitrogens with zero attached hydrogens (tertiary/aromatic N) is 1. The molecule has 0 heterocycles. The summed E-state index contributed by atoms with van der Waals surface area (Å²) < 4.78 is 0. The van der Waals surface area contributed by atoms with Gasteiger partial charge in [0, 0.05) is 29.9 Å². The molecule has 19 heavy (non-hydrogen) atoms. The first-order chi connectivity index (χ1) is 9.08. The van der Waals surface area contributed by atoms with Crippen LogP contribution < -0.4 is 5.73 Å². The van der Waals surface area contributed by atoms with E-state index < -0.39 is 0 Å². The quantitative estimate of drug-likeness (QED) is 0.874. The standard InChI is InChI=1S/C15H15ClN2O/c1-18(10-12-5-2-3-8-14(12)16)15(19)11-6-4-7-13(17)9-11/h2-9H,10,17H2,1H3. The van der Waals surface area contributed by atoms with E-state index in [-0.39, 0.29) is 5.91 Å². The van der Waals surface area contributed by atoms with E-state index >= 15 is 0 Å². The molecule has 0 spiro atoms. The Morgan fingerprint density at radius 3 is 2.63 bits per heavy atom. The smallest absolute Gasteiger partial charge is 0.253 e. The average molecular weight is 275 g/mol. The van der Waals surface area contributed by atoms with Gasteiger partial charge in [-0.25, -0.2) is 0 Å². The molecule has 0 atom stereocenters. The second-order valence-electron chi connectivity index (χ2n) is 4.38. The van der Waals surface area contributed by atoms with Gasteiger partial charge >= 0.3 is 0 Å². The van der Waals surface area contributed by atoms with E-state index in [0.717, 1.165) is 5.56 Å². The van der Waals surface area contributed by atoms with Gasteiger partial charge in [-0.1, -0.05) is 35.9 Å². The third kappa shape index (κ3) is 3.26. The van der Waals surface area contributed by atoms with Gasteiger partial charge in [-0.05, 0) is 29.8 Å². The Morgan fingerprint density at radius 2 is 1.95 bits per heavy atom. The molecule has 0 fully saturated rings. The van der Waals surface area contributed by atoms with Crippen molar-refractivity contribution in [3.05, 3.63) is 64.7 Å². The lowest BCUT2D eigenvalue weighted by Crippen LogP contribution is -2.26. The van der Waals surface area contributed by atoms with Crippen molar-refractivity contribution in [2.24, 2.45) is 0 Å². The molecule has 0 radical (unpaired) electrons. The first kappa shape index (κ1) is 13.4. The molecule has 0 bridgehead atoms. The van der Waals surface area contributed by atoms with Gasteiger partial charge in [0.2, 0.25) is 0 Å². The summed E-state index contributed by atoms with van der Waals surface area (Å²) in [6, 6.07) is 14.4. The highest BCUT2D eigenvalue weighted by molar-refractivity contribution is 6.31. The van der Waals surface area contributed by atoms with Crippen molar-refractivity contribution in [3.63, 3.8) is 0 Å². The molecular weight excluding hydrogens is 260 g/mol. The lowest BCUT2D eigenvalue weighted by molar-refractivity contribution is 0.0785. The van der Waals surface area contributed by atoms with E-state index in [9.17, 15) is 4.79 Å². The summed E-state index contributed by atoms with van der Waals surface area (Å²) in [5.74, 6) is -0.0766. The summed E-state index contributed by atoms with van der Waals surface area (Å²) in [6.07, 6.45) is 0. The number of nitrogens with two attached hydrogens (primary N) is 1. The third-order valence-corrected chi connectivity index (χ3v) is 3.21. The van der Waals surface area contributed by atoms with Crippen LogP contribution in [0, 0.1) is 0 Å². The summed E-state index contributed by atoms with van der Waals surface area (Å²) in [5.41, 5.74) is 7.76. The Bertz CT molecular complexity index is 598. The monoisotopic (exact) mass is 274 g/mol. The molecule has 3 nitrogen and oxygen atoms in total. The molecule has 0 saturated carbocycles. The number of hydrogen-bond donors (Lipinski definition) is 1. The molecule has 0 unspecified atom stereocenters. The number of anilines is 1. The van der Waals surface area contributed by atoms with Crippen LogP contribution in [-0.2, 0) is 6.54 Å². The van der Waals surface area contributed by atoms with Gasteiger partial charge in [0.05, 0.1) is 0 Å². The molecule has 2 N–H and O–H groups in total. The largest absolute Gasteiger partial charge is 0.399 e. The number of hydrogen-bond acceptors (Lipinski definition) is 2. The maximum absolute atomic E-state index is 12.2. The molecule has 0 saturated heterocycles. The summed E-state index contributed by atoms with van der Waals surface area (Å²) in [6.45, 7) is 0.466. The van der Waals surface area contributed by atoms with Crippen molar-refractivity contribution in [2.75, 3.05) is 12.8 Å². The maximum Gasteiger partial charge on any atom is 0.253 e. The predicted octanol–water partition coefficient (Wildman–Crippen LogP) is 3.19. The maximum atomic E-state index is 12.2. The molecular formula is C15H15ClN2O. The van der Waals surface area contributed by atoms with E-state index in [0.29, 0.717) is 22.8 Å². The summed E-state index contributed by atoms with van der Waals surface area (Å²) in [7, 11) is 1.74. The van der Waals surface area contributed by atoms with E-state index in [4.69, 9.17) is 17.3 Å². The van der Waals surface area contributed by atoms with E-state index in [1.54, 1.807) is 36.2 Å².